The van der Waals surface area contributed by atoms with Crippen LogP contribution in [0, 0.1) is 0 Å². The fourth-order valence-corrected chi connectivity index (χ4v) is 3.29. The Morgan fingerprint density at radius 1 is 1.03 bits per heavy atom. The molecular weight excluding hydrogens is 457 g/mol. The number of carbonyl (C=O) groups excluding carboxylic acids is 1. The lowest BCUT2D eigenvalue weighted by Gasteiger charge is -2.10. The van der Waals surface area contributed by atoms with Gasteiger partial charge < -0.3 is 10.1 Å². The van der Waals surface area contributed by atoms with Crippen LogP contribution in [0.25, 0.3) is 23.2 Å². The van der Waals surface area contributed by atoms with Crippen molar-refractivity contribution in [3.05, 3.63) is 96.1 Å². The summed E-state index contributed by atoms with van der Waals surface area (Å²) in [4.78, 5) is 16.5. The number of aromatic nitrogens is 3. The molecule has 35 heavy (non-hydrogen) atoms. The number of hydrogen-bond donors (Lipinski definition) is 1. The van der Waals surface area contributed by atoms with E-state index in [-0.39, 0.29) is 23.3 Å². The van der Waals surface area contributed by atoms with Crippen molar-refractivity contribution in [2.45, 2.75) is 13.1 Å². The van der Waals surface area contributed by atoms with Crippen LogP contribution in [0.4, 0.5) is 18.9 Å². The third-order valence-corrected chi connectivity index (χ3v) is 4.92. The molecule has 4 rings (SSSR count). The Morgan fingerprint density at radius 2 is 1.77 bits per heavy atom. The number of nitrogens with one attached hydrogen (secondary N) is 1. The maximum atomic E-state index is 13.2. The minimum Gasteiger partial charge on any atom is -0.463 e. The van der Waals surface area contributed by atoms with Crippen molar-refractivity contribution in [2.75, 3.05) is 11.9 Å². The third kappa shape index (κ3) is 5.94. The lowest BCUT2D eigenvalue weighted by atomic mass is 10.1. The molecule has 0 saturated carbocycles. The van der Waals surface area contributed by atoms with Gasteiger partial charge in [0.2, 0.25) is 5.91 Å². The smallest absolute Gasteiger partial charge is 0.416 e. The van der Waals surface area contributed by atoms with Crippen LogP contribution in [0.1, 0.15) is 18.1 Å². The van der Waals surface area contributed by atoms with E-state index in [2.05, 4.69) is 15.4 Å². The Balaban J connectivity index is 1.58. The fourth-order valence-electron chi connectivity index (χ4n) is 3.29. The molecule has 0 atom stereocenters. The van der Waals surface area contributed by atoms with E-state index in [1.165, 1.54) is 22.9 Å². The first-order valence-electron chi connectivity index (χ1n) is 10.8. The number of ether oxygens (including phenoxy) is 1. The molecule has 0 unspecified atom stereocenters. The molecule has 178 valence electrons. The summed E-state index contributed by atoms with van der Waals surface area (Å²) in [5, 5.41) is 7.06. The summed E-state index contributed by atoms with van der Waals surface area (Å²) in [7, 11) is 0. The molecule has 0 radical (unpaired) electrons. The number of carbonyl (C=O) groups is 1. The first kappa shape index (κ1) is 23.7. The van der Waals surface area contributed by atoms with Crippen LogP contribution in [0.15, 0.2) is 84.9 Å². The minimum absolute atomic E-state index is 0.0448. The molecule has 3 aromatic carbocycles. The SMILES string of the molecule is CCOc1nc(-c2cccc(C(F)(F)F)c2)n(-c2ccc(NC(=O)/C=C/c3ccccc3)cc2)n1. The average Bonchev–Trinajstić information content (AvgIpc) is 3.28. The number of anilines is 1. The topological polar surface area (TPSA) is 69.0 Å². The normalized spacial score (nSPS) is 11.5. The van der Waals surface area contributed by atoms with E-state index < -0.39 is 11.7 Å². The molecule has 6 nitrogen and oxygen atoms in total. The van der Waals surface area contributed by atoms with Crippen LogP contribution < -0.4 is 10.1 Å². The molecule has 0 aliphatic carbocycles. The summed E-state index contributed by atoms with van der Waals surface area (Å²) in [6.07, 6.45) is -1.35. The first-order valence-corrected chi connectivity index (χ1v) is 10.8. The van der Waals surface area contributed by atoms with Gasteiger partial charge in [-0.05, 0) is 55.0 Å². The number of nitrogens with zero attached hydrogens (tertiary/aromatic N) is 3. The number of halogens is 3. The zero-order valence-electron chi connectivity index (χ0n) is 18.7. The van der Waals surface area contributed by atoms with Gasteiger partial charge in [0, 0.05) is 17.3 Å². The molecule has 0 spiro atoms. The van der Waals surface area contributed by atoms with E-state index in [9.17, 15) is 18.0 Å². The van der Waals surface area contributed by atoms with E-state index in [0.717, 1.165) is 17.7 Å². The number of benzene rings is 3. The van der Waals surface area contributed by atoms with Gasteiger partial charge >= 0.3 is 12.2 Å². The van der Waals surface area contributed by atoms with E-state index in [4.69, 9.17) is 4.74 Å². The Labute approximate surface area is 199 Å². The van der Waals surface area contributed by atoms with Crippen molar-refractivity contribution in [3.8, 4) is 23.1 Å². The molecule has 1 N–H and O–H groups in total. The zero-order chi connectivity index (χ0) is 24.8. The summed E-state index contributed by atoms with van der Waals surface area (Å²) < 4.78 is 46.5. The molecule has 1 aromatic heterocycles. The molecule has 0 aliphatic heterocycles. The molecule has 0 fully saturated rings. The molecule has 4 aromatic rings. The Hall–Kier alpha value is -4.40. The highest BCUT2D eigenvalue weighted by atomic mass is 19.4. The van der Waals surface area contributed by atoms with Crippen molar-refractivity contribution in [2.24, 2.45) is 0 Å². The van der Waals surface area contributed by atoms with Gasteiger partial charge in [0.1, 0.15) is 0 Å². The van der Waals surface area contributed by atoms with Crippen LogP contribution in [0.3, 0.4) is 0 Å². The largest absolute Gasteiger partial charge is 0.463 e. The maximum absolute atomic E-state index is 13.2. The molecular formula is C26H21F3N4O2. The molecule has 0 bridgehead atoms. The molecule has 1 amide bonds. The van der Waals surface area contributed by atoms with Crippen molar-refractivity contribution in [1.82, 2.24) is 14.8 Å². The number of alkyl halides is 3. The third-order valence-electron chi connectivity index (χ3n) is 4.92. The van der Waals surface area contributed by atoms with Crippen molar-refractivity contribution in [3.63, 3.8) is 0 Å². The molecule has 1 heterocycles. The van der Waals surface area contributed by atoms with Gasteiger partial charge in [-0.15, -0.1) is 5.10 Å². The van der Waals surface area contributed by atoms with Crippen molar-refractivity contribution < 1.29 is 22.7 Å². The van der Waals surface area contributed by atoms with E-state index in [0.29, 0.717) is 18.0 Å². The second kappa shape index (κ2) is 10.3. The monoisotopic (exact) mass is 478 g/mol. The van der Waals surface area contributed by atoms with Crippen LogP contribution in [-0.2, 0) is 11.0 Å². The van der Waals surface area contributed by atoms with Crippen LogP contribution in [0.2, 0.25) is 0 Å². The highest BCUT2D eigenvalue weighted by Gasteiger charge is 2.31. The highest BCUT2D eigenvalue weighted by molar-refractivity contribution is 6.01. The van der Waals surface area contributed by atoms with Crippen molar-refractivity contribution >= 4 is 17.7 Å². The predicted octanol–water partition coefficient (Wildman–Crippen LogP) is 6.00. The Kier molecular flexibility index (Phi) is 6.96. The average molecular weight is 478 g/mol. The molecule has 9 heteroatoms. The summed E-state index contributed by atoms with van der Waals surface area (Å²) in [5.74, 6) is -0.104. The van der Waals surface area contributed by atoms with Crippen LogP contribution in [-0.4, -0.2) is 27.3 Å². The fraction of sp³-hybridized carbons (Fsp3) is 0.115. The maximum Gasteiger partial charge on any atom is 0.416 e. The van der Waals surface area contributed by atoms with Crippen LogP contribution in [0.5, 0.6) is 6.01 Å². The predicted molar refractivity (Wildman–Crippen MR) is 127 cm³/mol. The summed E-state index contributed by atoms with van der Waals surface area (Å²) in [6.45, 7) is 2.06. The first-order chi connectivity index (χ1) is 16.8. The second-order valence-electron chi connectivity index (χ2n) is 7.42. The van der Waals surface area contributed by atoms with E-state index in [1.54, 1.807) is 37.3 Å². The Morgan fingerprint density at radius 3 is 2.46 bits per heavy atom. The number of hydrogen-bond acceptors (Lipinski definition) is 4. The van der Waals surface area contributed by atoms with Gasteiger partial charge in [-0.25, -0.2) is 4.68 Å². The summed E-state index contributed by atoms with van der Waals surface area (Å²) in [6, 6.07) is 21.0. The van der Waals surface area contributed by atoms with Gasteiger partial charge in [0.15, 0.2) is 5.82 Å². The van der Waals surface area contributed by atoms with E-state index in [1.807, 2.05) is 30.3 Å². The standard InChI is InChI=1S/C26H21F3N4O2/c1-2-35-25-31-24(19-9-6-10-20(17-19)26(27,28)29)33(32-25)22-14-12-21(13-15-22)30-23(34)16-11-18-7-4-3-5-8-18/h3-17H,2H2,1H3,(H,30,34)/b16-11+. The van der Waals surface area contributed by atoms with Gasteiger partial charge in [-0.2, -0.15) is 18.2 Å². The van der Waals surface area contributed by atoms with Gasteiger partial charge in [0.25, 0.3) is 0 Å². The number of rotatable bonds is 7. The second-order valence-corrected chi connectivity index (χ2v) is 7.42. The summed E-state index contributed by atoms with van der Waals surface area (Å²) in [5.41, 5.74) is 1.43. The quantitative estimate of drug-likeness (QED) is 0.331. The number of amides is 1. The van der Waals surface area contributed by atoms with E-state index >= 15 is 0 Å². The van der Waals surface area contributed by atoms with Gasteiger partial charge in [-0.3, -0.25) is 4.79 Å². The van der Waals surface area contributed by atoms with Crippen molar-refractivity contribution in [1.29, 1.82) is 0 Å². The molecule has 0 aliphatic rings. The lowest BCUT2D eigenvalue weighted by molar-refractivity contribution is -0.137. The van der Waals surface area contributed by atoms with Crippen LogP contribution >= 0.6 is 0 Å². The Bertz CT molecular complexity index is 1330. The lowest BCUT2D eigenvalue weighted by Crippen LogP contribution is -2.08. The molecule has 0 saturated heterocycles. The van der Waals surface area contributed by atoms with Gasteiger partial charge in [-0.1, -0.05) is 42.5 Å². The minimum atomic E-state index is -4.49. The zero-order valence-corrected chi connectivity index (χ0v) is 18.7. The summed E-state index contributed by atoms with van der Waals surface area (Å²) >= 11 is 0. The highest BCUT2D eigenvalue weighted by Crippen LogP contribution is 2.33. The van der Waals surface area contributed by atoms with Gasteiger partial charge in [0.05, 0.1) is 17.9 Å².